The quantitative estimate of drug-likeness (QED) is 0.852. The first-order chi connectivity index (χ1) is 7.09. The monoisotopic (exact) mass is 222 g/mol. The van der Waals surface area contributed by atoms with Crippen LogP contribution in [0.3, 0.4) is 0 Å². The molecular formula is C11H14N2OS. The number of pyridine rings is 1. The molecule has 0 fully saturated rings. The first-order valence-electron chi connectivity index (χ1n) is 4.61. The molecule has 0 aliphatic heterocycles. The van der Waals surface area contributed by atoms with Crippen LogP contribution in [-0.2, 0) is 4.79 Å². The van der Waals surface area contributed by atoms with Crippen LogP contribution in [0.1, 0.15) is 18.1 Å². The van der Waals surface area contributed by atoms with E-state index in [-0.39, 0.29) is 5.12 Å². The van der Waals surface area contributed by atoms with Crippen molar-refractivity contribution in [1.29, 1.82) is 0 Å². The summed E-state index contributed by atoms with van der Waals surface area (Å²) in [6, 6.07) is 1.97. The summed E-state index contributed by atoms with van der Waals surface area (Å²) in [5.74, 6) is 1.19. The summed E-state index contributed by atoms with van der Waals surface area (Å²) in [5.41, 5.74) is 7.67. The van der Waals surface area contributed by atoms with E-state index in [0.717, 1.165) is 11.1 Å². The number of aryl methyl sites for hydroxylation is 1. The SMILES string of the molecule is CC(=O)SCC=Cc1cc(C)cnc1N. The van der Waals surface area contributed by atoms with Gasteiger partial charge < -0.3 is 5.73 Å². The van der Waals surface area contributed by atoms with Gasteiger partial charge in [-0.15, -0.1) is 0 Å². The van der Waals surface area contributed by atoms with Crippen LogP contribution in [0.5, 0.6) is 0 Å². The lowest BCUT2D eigenvalue weighted by Gasteiger charge is -2.00. The summed E-state index contributed by atoms with van der Waals surface area (Å²) in [5, 5.41) is 0.120. The molecule has 1 rings (SSSR count). The Labute approximate surface area is 93.8 Å². The fraction of sp³-hybridized carbons (Fsp3) is 0.273. The Bertz CT molecular complexity index is 388. The number of carbonyl (C=O) groups excluding carboxylic acids is 1. The van der Waals surface area contributed by atoms with E-state index >= 15 is 0 Å². The maximum Gasteiger partial charge on any atom is 0.186 e. The fourth-order valence-electron chi connectivity index (χ4n) is 1.08. The van der Waals surface area contributed by atoms with Gasteiger partial charge in [0.1, 0.15) is 5.82 Å². The Morgan fingerprint density at radius 3 is 3.07 bits per heavy atom. The molecule has 0 bridgehead atoms. The topological polar surface area (TPSA) is 56.0 Å². The van der Waals surface area contributed by atoms with Gasteiger partial charge in [0.25, 0.3) is 0 Å². The van der Waals surface area contributed by atoms with Crippen LogP contribution in [-0.4, -0.2) is 15.9 Å². The van der Waals surface area contributed by atoms with Gasteiger partial charge in [-0.05, 0) is 18.6 Å². The predicted octanol–water partition coefficient (Wildman–Crippen LogP) is 2.27. The highest BCUT2D eigenvalue weighted by molar-refractivity contribution is 8.13. The zero-order valence-corrected chi connectivity index (χ0v) is 9.67. The fourth-order valence-corrected chi connectivity index (χ4v) is 1.50. The van der Waals surface area contributed by atoms with Gasteiger partial charge in [-0.2, -0.15) is 0 Å². The maximum atomic E-state index is 10.7. The molecule has 1 aromatic rings. The number of aromatic nitrogens is 1. The van der Waals surface area contributed by atoms with E-state index < -0.39 is 0 Å². The van der Waals surface area contributed by atoms with Crippen molar-refractivity contribution in [2.24, 2.45) is 0 Å². The first-order valence-corrected chi connectivity index (χ1v) is 5.60. The highest BCUT2D eigenvalue weighted by Crippen LogP contribution is 2.12. The van der Waals surface area contributed by atoms with Crippen LogP contribution >= 0.6 is 11.8 Å². The van der Waals surface area contributed by atoms with E-state index in [4.69, 9.17) is 5.73 Å². The number of nitrogen functional groups attached to an aromatic ring is 1. The van der Waals surface area contributed by atoms with Crippen LogP contribution < -0.4 is 5.73 Å². The standard InChI is InChI=1S/C11H14N2OS/c1-8-6-10(11(12)13-7-8)4-3-5-15-9(2)14/h3-4,6-7H,5H2,1-2H3,(H2,12,13). The van der Waals surface area contributed by atoms with Crippen molar-refractivity contribution >= 4 is 28.8 Å². The third kappa shape index (κ3) is 4.16. The van der Waals surface area contributed by atoms with E-state index in [1.165, 1.54) is 11.8 Å². The van der Waals surface area contributed by atoms with Crippen LogP contribution in [0.4, 0.5) is 5.82 Å². The molecule has 1 heterocycles. The molecule has 0 aliphatic carbocycles. The minimum atomic E-state index is 0.120. The lowest BCUT2D eigenvalue weighted by molar-refractivity contribution is -0.109. The molecule has 0 spiro atoms. The summed E-state index contributed by atoms with van der Waals surface area (Å²) in [6.07, 6.45) is 5.54. The van der Waals surface area contributed by atoms with Gasteiger partial charge >= 0.3 is 0 Å². The molecular weight excluding hydrogens is 208 g/mol. The number of hydrogen-bond donors (Lipinski definition) is 1. The number of anilines is 1. The summed E-state index contributed by atoms with van der Waals surface area (Å²) >= 11 is 1.27. The smallest absolute Gasteiger partial charge is 0.186 e. The third-order valence-corrected chi connectivity index (χ3v) is 2.53. The summed E-state index contributed by atoms with van der Waals surface area (Å²) in [7, 11) is 0. The lowest BCUT2D eigenvalue weighted by Crippen LogP contribution is -1.94. The van der Waals surface area contributed by atoms with Gasteiger partial charge in [0.15, 0.2) is 5.12 Å². The zero-order valence-electron chi connectivity index (χ0n) is 8.86. The molecule has 2 N–H and O–H groups in total. The average Bonchev–Trinajstić information content (AvgIpc) is 2.17. The molecule has 0 saturated heterocycles. The molecule has 0 saturated carbocycles. The highest BCUT2D eigenvalue weighted by Gasteiger charge is 1.96. The van der Waals surface area contributed by atoms with Gasteiger partial charge in [-0.3, -0.25) is 4.79 Å². The number of carbonyl (C=O) groups is 1. The summed E-state index contributed by atoms with van der Waals surface area (Å²) in [6.45, 7) is 3.52. The maximum absolute atomic E-state index is 10.7. The first kappa shape index (κ1) is 11.8. The van der Waals surface area contributed by atoms with Crippen LogP contribution in [0.2, 0.25) is 0 Å². The Morgan fingerprint density at radius 2 is 2.40 bits per heavy atom. The second-order valence-corrected chi connectivity index (χ2v) is 4.39. The Hall–Kier alpha value is -1.29. The molecule has 3 nitrogen and oxygen atoms in total. The van der Waals surface area contributed by atoms with Crippen LogP contribution in [0, 0.1) is 6.92 Å². The van der Waals surface area contributed by atoms with Crippen LogP contribution in [0.15, 0.2) is 18.3 Å². The molecule has 0 aliphatic rings. The zero-order chi connectivity index (χ0) is 11.3. The number of nitrogens with zero attached hydrogens (tertiary/aromatic N) is 1. The van der Waals surface area contributed by atoms with E-state index in [9.17, 15) is 4.79 Å². The van der Waals surface area contributed by atoms with Gasteiger partial charge in [0.05, 0.1) is 0 Å². The van der Waals surface area contributed by atoms with E-state index in [1.807, 2.05) is 25.1 Å². The van der Waals surface area contributed by atoms with Gasteiger partial charge in [0, 0.05) is 24.4 Å². The molecule has 1 aromatic heterocycles. The lowest BCUT2D eigenvalue weighted by atomic mass is 10.2. The molecule has 0 unspecified atom stereocenters. The largest absolute Gasteiger partial charge is 0.383 e. The Balaban J connectivity index is 2.63. The predicted molar refractivity (Wildman–Crippen MR) is 65.6 cm³/mol. The van der Waals surface area contributed by atoms with Crippen molar-refractivity contribution in [3.8, 4) is 0 Å². The number of thioether (sulfide) groups is 1. The molecule has 0 amide bonds. The number of nitrogens with two attached hydrogens (primary N) is 1. The van der Waals surface area contributed by atoms with Crippen molar-refractivity contribution in [1.82, 2.24) is 4.98 Å². The van der Waals surface area contributed by atoms with E-state index in [2.05, 4.69) is 4.98 Å². The van der Waals surface area contributed by atoms with Gasteiger partial charge in [0.2, 0.25) is 0 Å². The molecule has 15 heavy (non-hydrogen) atoms. The Kier molecular flexibility index (Phi) is 4.37. The van der Waals surface area contributed by atoms with Crippen molar-refractivity contribution in [2.45, 2.75) is 13.8 Å². The van der Waals surface area contributed by atoms with E-state index in [1.54, 1.807) is 13.1 Å². The third-order valence-electron chi connectivity index (χ3n) is 1.77. The Morgan fingerprint density at radius 1 is 1.67 bits per heavy atom. The van der Waals surface area contributed by atoms with Crippen molar-refractivity contribution in [2.75, 3.05) is 11.5 Å². The normalized spacial score (nSPS) is 10.8. The molecule has 80 valence electrons. The molecule has 0 aromatic carbocycles. The van der Waals surface area contributed by atoms with E-state index in [0.29, 0.717) is 11.6 Å². The number of hydrogen-bond acceptors (Lipinski definition) is 4. The second kappa shape index (κ2) is 5.56. The highest BCUT2D eigenvalue weighted by atomic mass is 32.2. The number of rotatable bonds is 3. The summed E-state index contributed by atoms with van der Waals surface area (Å²) < 4.78 is 0. The summed E-state index contributed by atoms with van der Waals surface area (Å²) in [4.78, 5) is 14.7. The van der Waals surface area contributed by atoms with Crippen LogP contribution in [0.25, 0.3) is 6.08 Å². The van der Waals surface area contributed by atoms with Gasteiger partial charge in [-0.1, -0.05) is 23.9 Å². The van der Waals surface area contributed by atoms with Gasteiger partial charge in [-0.25, -0.2) is 4.98 Å². The average molecular weight is 222 g/mol. The van der Waals surface area contributed by atoms with Crippen molar-refractivity contribution in [3.63, 3.8) is 0 Å². The minimum absolute atomic E-state index is 0.120. The minimum Gasteiger partial charge on any atom is -0.383 e. The van der Waals surface area contributed by atoms with Crippen molar-refractivity contribution in [3.05, 3.63) is 29.5 Å². The van der Waals surface area contributed by atoms with Crippen molar-refractivity contribution < 1.29 is 4.79 Å². The molecule has 4 heteroatoms. The molecule has 0 radical (unpaired) electrons. The second-order valence-electron chi connectivity index (χ2n) is 3.19. The molecule has 0 atom stereocenters.